The minimum absolute atomic E-state index is 0.105. The van der Waals surface area contributed by atoms with Crippen LogP contribution in [0.3, 0.4) is 0 Å². The van der Waals surface area contributed by atoms with E-state index in [1.54, 1.807) is 0 Å². The summed E-state index contributed by atoms with van der Waals surface area (Å²) in [5.74, 6) is -0.680. The van der Waals surface area contributed by atoms with Gasteiger partial charge >= 0.3 is 39.5 Å². The molecule has 5 atom stereocenters. The molecule has 101 heavy (non-hydrogen) atoms. The second kappa shape index (κ2) is 73.6. The van der Waals surface area contributed by atoms with Gasteiger partial charge in [-0.05, 0) is 37.5 Å². The topological polar surface area (TPSA) is 237 Å². The lowest BCUT2D eigenvalue weighted by atomic mass is 10.0. The average molecular weight is 1480 g/mol. The van der Waals surface area contributed by atoms with E-state index in [0.29, 0.717) is 31.6 Å². The van der Waals surface area contributed by atoms with Crippen LogP contribution in [0, 0.1) is 11.8 Å². The maximum atomic E-state index is 13.1. The van der Waals surface area contributed by atoms with Gasteiger partial charge in [-0.15, -0.1) is 0 Å². The number of unbranched alkanes of at least 4 members (excludes halogenated alkanes) is 51. The van der Waals surface area contributed by atoms with Crippen molar-refractivity contribution >= 4 is 39.5 Å². The van der Waals surface area contributed by atoms with E-state index < -0.39 is 97.5 Å². The Kier molecular flexibility index (Phi) is 72.2. The fraction of sp³-hybridized carbons (Fsp3) is 0.951. The van der Waals surface area contributed by atoms with Crippen molar-refractivity contribution in [3.63, 3.8) is 0 Å². The maximum Gasteiger partial charge on any atom is 0.472 e. The van der Waals surface area contributed by atoms with E-state index in [4.69, 9.17) is 37.0 Å². The van der Waals surface area contributed by atoms with Crippen molar-refractivity contribution in [3.8, 4) is 0 Å². The van der Waals surface area contributed by atoms with E-state index in [0.717, 1.165) is 102 Å². The molecule has 0 fully saturated rings. The Hall–Kier alpha value is -1.94. The first-order valence-electron chi connectivity index (χ1n) is 42.5. The molecule has 17 nitrogen and oxygen atoms in total. The summed E-state index contributed by atoms with van der Waals surface area (Å²) in [6, 6.07) is 0. The summed E-state index contributed by atoms with van der Waals surface area (Å²) >= 11 is 0. The molecular weight excluding hydrogens is 1320 g/mol. The van der Waals surface area contributed by atoms with Gasteiger partial charge in [-0.3, -0.25) is 37.3 Å². The number of ether oxygens (including phenoxy) is 4. The monoisotopic (exact) mass is 1480 g/mol. The predicted octanol–water partition coefficient (Wildman–Crippen LogP) is 24.7. The molecule has 0 heterocycles. The molecule has 0 aromatic carbocycles. The molecule has 0 rings (SSSR count). The lowest BCUT2D eigenvalue weighted by Gasteiger charge is -2.21. The molecule has 0 radical (unpaired) electrons. The third kappa shape index (κ3) is 76.1. The van der Waals surface area contributed by atoms with Gasteiger partial charge in [0.25, 0.3) is 0 Å². The SMILES string of the molecule is CCCCCCCCCCCCCCCCCCCCCCC(=O)O[C@H](COC(=O)CCCCCCCCCCCCCCCCCCCCC)COP(=O)(O)OC[C@@H](O)COP(=O)(O)OC[C@@H](COC(=O)CCCCCCCCC(C)C)OC(=O)CCCCCCCCCCCCC(C)C. The van der Waals surface area contributed by atoms with Gasteiger partial charge in [0, 0.05) is 25.7 Å². The minimum Gasteiger partial charge on any atom is -0.462 e. The van der Waals surface area contributed by atoms with Crippen LogP contribution in [0.4, 0.5) is 0 Å². The molecule has 0 aliphatic carbocycles. The van der Waals surface area contributed by atoms with Crippen LogP contribution < -0.4 is 0 Å². The second-order valence-electron chi connectivity index (χ2n) is 30.5. The first kappa shape index (κ1) is 99.1. The molecule has 2 unspecified atom stereocenters. The third-order valence-corrected chi connectivity index (χ3v) is 21.1. The summed E-state index contributed by atoms with van der Waals surface area (Å²) < 4.78 is 68.7. The second-order valence-corrected chi connectivity index (χ2v) is 33.4. The Labute approximate surface area is 619 Å². The van der Waals surface area contributed by atoms with Gasteiger partial charge in [-0.25, -0.2) is 9.13 Å². The number of aliphatic hydroxyl groups is 1. The summed E-state index contributed by atoms with van der Waals surface area (Å²) in [6.07, 6.45) is 64.2. The van der Waals surface area contributed by atoms with E-state index in [1.165, 1.54) is 244 Å². The number of carbonyl (C=O) groups excluding carboxylic acids is 4. The number of phosphoric ester groups is 2. The number of aliphatic hydroxyl groups excluding tert-OH is 1. The van der Waals surface area contributed by atoms with Crippen molar-refractivity contribution in [2.45, 2.75) is 452 Å². The van der Waals surface area contributed by atoms with Crippen LogP contribution in [-0.2, 0) is 65.4 Å². The van der Waals surface area contributed by atoms with E-state index in [1.807, 2.05) is 0 Å². The van der Waals surface area contributed by atoms with Crippen LogP contribution in [0.15, 0.2) is 0 Å². The quantitative estimate of drug-likeness (QED) is 0.0222. The lowest BCUT2D eigenvalue weighted by Crippen LogP contribution is -2.30. The largest absolute Gasteiger partial charge is 0.472 e. The standard InChI is InChI=1S/C82H160O17P2/c1-7-9-11-13-15-17-19-21-23-25-27-29-31-33-35-37-42-46-54-60-66-81(86)98-77(70-92-79(84)64-58-52-45-41-36-34-32-30-28-26-24-22-20-18-16-14-12-10-8-2)72-96-100(88,89)94-68-76(83)69-95-101(90,91)97-73-78(71-93-80(85)65-59-53-49-48-51-57-63-75(5)6)99-82(87)67-61-55-47-43-39-38-40-44-50-56-62-74(3)4/h74-78,83H,7-73H2,1-6H3,(H,88,89)(H,90,91)/t76-,77-,78-/m1/s1. The van der Waals surface area contributed by atoms with E-state index in [9.17, 15) is 43.2 Å². The average Bonchev–Trinajstić information content (AvgIpc) is 0.938. The van der Waals surface area contributed by atoms with Crippen molar-refractivity contribution in [1.82, 2.24) is 0 Å². The van der Waals surface area contributed by atoms with E-state index >= 15 is 0 Å². The fourth-order valence-corrected chi connectivity index (χ4v) is 14.3. The number of rotatable bonds is 81. The highest BCUT2D eigenvalue weighted by Crippen LogP contribution is 2.45. The van der Waals surface area contributed by atoms with Crippen LogP contribution in [0.5, 0.6) is 0 Å². The number of hydrogen-bond donors (Lipinski definition) is 3. The van der Waals surface area contributed by atoms with Gasteiger partial charge in [0.05, 0.1) is 26.4 Å². The molecule has 0 bridgehead atoms. The molecule has 0 aromatic rings. The summed E-state index contributed by atoms with van der Waals surface area (Å²) in [7, 11) is -9.92. The maximum absolute atomic E-state index is 13.1. The van der Waals surface area contributed by atoms with Gasteiger partial charge < -0.3 is 33.8 Å². The molecule has 3 N–H and O–H groups in total. The van der Waals surface area contributed by atoms with Gasteiger partial charge in [0.2, 0.25) is 0 Å². The number of esters is 4. The number of carbonyl (C=O) groups is 4. The molecule has 0 aliphatic rings. The Bertz CT molecular complexity index is 1940. The molecular formula is C82H160O17P2. The fourth-order valence-electron chi connectivity index (χ4n) is 12.7. The number of hydrogen-bond acceptors (Lipinski definition) is 15. The highest BCUT2D eigenvalue weighted by molar-refractivity contribution is 7.47. The Morgan fingerprint density at radius 3 is 0.673 bits per heavy atom. The molecule has 0 aliphatic heterocycles. The highest BCUT2D eigenvalue weighted by atomic mass is 31.2. The van der Waals surface area contributed by atoms with Gasteiger partial charge in [0.1, 0.15) is 19.3 Å². The normalized spacial score (nSPS) is 13.9. The van der Waals surface area contributed by atoms with Crippen molar-refractivity contribution in [2.75, 3.05) is 39.6 Å². The zero-order valence-electron chi connectivity index (χ0n) is 66.2. The van der Waals surface area contributed by atoms with Gasteiger partial charge in [0.15, 0.2) is 12.2 Å². The molecule has 600 valence electrons. The molecule has 0 spiro atoms. The summed E-state index contributed by atoms with van der Waals surface area (Å²) in [6.45, 7) is 9.54. The van der Waals surface area contributed by atoms with Crippen LogP contribution in [0.25, 0.3) is 0 Å². The first-order chi connectivity index (χ1) is 48.9. The molecule has 0 saturated heterocycles. The zero-order valence-corrected chi connectivity index (χ0v) is 68.0. The predicted molar refractivity (Wildman–Crippen MR) is 414 cm³/mol. The van der Waals surface area contributed by atoms with E-state index in [-0.39, 0.29) is 25.7 Å². The van der Waals surface area contributed by atoms with Crippen molar-refractivity contribution in [2.24, 2.45) is 11.8 Å². The molecule has 0 saturated carbocycles. The zero-order chi connectivity index (χ0) is 74.2. The molecule has 19 heteroatoms. The third-order valence-electron chi connectivity index (χ3n) is 19.2. The van der Waals surface area contributed by atoms with Gasteiger partial charge in [-0.1, -0.05) is 382 Å². The smallest absolute Gasteiger partial charge is 0.462 e. The summed E-state index contributed by atoms with van der Waals surface area (Å²) in [5.41, 5.74) is 0. The molecule has 0 amide bonds. The van der Waals surface area contributed by atoms with E-state index in [2.05, 4.69) is 41.5 Å². The number of phosphoric acid groups is 2. The minimum atomic E-state index is -4.96. The molecule has 0 aromatic heterocycles. The highest BCUT2D eigenvalue weighted by Gasteiger charge is 2.30. The first-order valence-corrected chi connectivity index (χ1v) is 45.5. The Morgan fingerprint density at radius 2 is 0.455 bits per heavy atom. The van der Waals surface area contributed by atoms with Crippen LogP contribution in [0.1, 0.15) is 433 Å². The van der Waals surface area contributed by atoms with Crippen LogP contribution in [0.2, 0.25) is 0 Å². The summed E-state index contributed by atoms with van der Waals surface area (Å²) in [4.78, 5) is 73.0. The van der Waals surface area contributed by atoms with Gasteiger partial charge in [-0.2, -0.15) is 0 Å². The van der Waals surface area contributed by atoms with Crippen molar-refractivity contribution in [3.05, 3.63) is 0 Å². The lowest BCUT2D eigenvalue weighted by molar-refractivity contribution is -0.161. The van der Waals surface area contributed by atoms with Crippen LogP contribution in [-0.4, -0.2) is 96.7 Å². The summed E-state index contributed by atoms with van der Waals surface area (Å²) in [5, 5.41) is 10.6. The van der Waals surface area contributed by atoms with Crippen LogP contribution >= 0.6 is 15.6 Å². The Balaban J connectivity index is 5.21. The van der Waals surface area contributed by atoms with Crippen molar-refractivity contribution < 1.29 is 80.2 Å². The Morgan fingerprint density at radius 1 is 0.267 bits per heavy atom. The van der Waals surface area contributed by atoms with Crippen molar-refractivity contribution in [1.29, 1.82) is 0 Å².